The summed E-state index contributed by atoms with van der Waals surface area (Å²) < 4.78 is 100. The normalized spacial score (nSPS) is 16.5. The number of hydrogen-bond donors (Lipinski definition) is 1. The van der Waals surface area contributed by atoms with Crippen LogP contribution in [-0.2, 0) is 25.9 Å². The van der Waals surface area contributed by atoms with Crippen LogP contribution in [0.3, 0.4) is 0 Å². The van der Waals surface area contributed by atoms with Gasteiger partial charge in [-0.1, -0.05) is 17.3 Å². The molecule has 0 bridgehead atoms. The van der Waals surface area contributed by atoms with Crippen LogP contribution in [0.4, 0.5) is 28.0 Å². The molecule has 0 aliphatic carbocycles. The molecule has 0 radical (unpaired) electrons. The minimum atomic E-state index is -4.95. The number of hydrogen-bond acceptors (Lipinski definition) is 12. The number of alkyl carbamates (subject to hydrolysis) is 1. The van der Waals surface area contributed by atoms with Crippen molar-refractivity contribution < 1.29 is 55.4 Å². The van der Waals surface area contributed by atoms with Crippen molar-refractivity contribution in [3.8, 4) is 28.9 Å². The van der Waals surface area contributed by atoms with Crippen LogP contribution < -0.4 is 15.0 Å². The Morgan fingerprint density at radius 3 is 2.43 bits per heavy atom. The number of amides is 2. The number of alkyl halides is 3. The molecule has 0 spiro atoms. The van der Waals surface area contributed by atoms with Gasteiger partial charge >= 0.3 is 24.2 Å². The summed E-state index contributed by atoms with van der Waals surface area (Å²) in [4.78, 5) is 30.9. The number of aromatic nitrogens is 4. The summed E-state index contributed by atoms with van der Waals surface area (Å²) in [5.74, 6) is -4.18. The zero-order valence-electron chi connectivity index (χ0n) is 24.4. The minimum Gasteiger partial charge on any atom is -0.444 e. The van der Waals surface area contributed by atoms with Gasteiger partial charge in [0.15, 0.2) is 9.84 Å². The monoisotopic (exact) mass is 670 g/mol. The minimum absolute atomic E-state index is 0. The maximum absolute atomic E-state index is 15.5. The van der Waals surface area contributed by atoms with Crippen molar-refractivity contribution in [2.24, 2.45) is 0 Å². The molecular weight excluding hydrogens is 644 g/mol. The Morgan fingerprint density at radius 1 is 1.13 bits per heavy atom. The quantitative estimate of drug-likeness (QED) is 0.282. The van der Waals surface area contributed by atoms with Crippen molar-refractivity contribution in [2.45, 2.75) is 57.1 Å². The maximum Gasteiger partial charge on any atom is 0.573 e. The van der Waals surface area contributed by atoms with E-state index >= 15 is 4.39 Å². The molecule has 1 N–H and O–H groups in total. The molecule has 0 unspecified atom stereocenters. The van der Waals surface area contributed by atoms with Crippen molar-refractivity contribution in [3.05, 3.63) is 53.7 Å². The van der Waals surface area contributed by atoms with E-state index in [0.29, 0.717) is 6.07 Å². The Kier molecular flexibility index (Phi) is 8.22. The predicted octanol–water partition coefficient (Wildman–Crippen LogP) is 4.59. The fourth-order valence-corrected chi connectivity index (χ4v) is 5.98. The Balaban J connectivity index is 0.00000500. The van der Waals surface area contributed by atoms with E-state index in [1.807, 2.05) is 0 Å². The third kappa shape index (κ3) is 7.24. The van der Waals surface area contributed by atoms with Crippen LogP contribution in [0.1, 0.15) is 33.7 Å². The highest BCUT2D eigenvalue weighted by Crippen LogP contribution is 2.37. The second kappa shape index (κ2) is 11.7. The largest absolute Gasteiger partial charge is 0.573 e. The lowest BCUT2D eigenvalue weighted by atomic mass is 10.1. The average molecular weight is 671 g/mol. The van der Waals surface area contributed by atoms with E-state index in [4.69, 9.17) is 13.7 Å². The van der Waals surface area contributed by atoms with Gasteiger partial charge in [-0.25, -0.2) is 17.6 Å². The van der Waals surface area contributed by atoms with Gasteiger partial charge in [-0.05, 0) is 50.6 Å². The first-order valence-electron chi connectivity index (χ1n) is 13.2. The maximum atomic E-state index is 15.5. The topological polar surface area (TPSA) is 180 Å². The lowest BCUT2D eigenvalue weighted by molar-refractivity contribution is -0.274. The summed E-state index contributed by atoms with van der Waals surface area (Å²) >= 11 is 0. The third-order valence-corrected chi connectivity index (χ3v) is 7.96. The van der Waals surface area contributed by atoms with Crippen LogP contribution in [0.25, 0.3) is 23.2 Å². The second-order valence-electron chi connectivity index (χ2n) is 10.9. The molecule has 2 aromatic heterocycles. The highest BCUT2D eigenvalue weighted by molar-refractivity contribution is 7.91. The van der Waals surface area contributed by atoms with Crippen LogP contribution in [0.5, 0.6) is 5.75 Å². The number of rotatable bonds is 6. The molecule has 0 saturated carbocycles. The lowest BCUT2D eigenvalue weighted by Gasteiger charge is -2.27. The fourth-order valence-electron chi connectivity index (χ4n) is 4.36. The van der Waals surface area contributed by atoms with Crippen molar-refractivity contribution in [1.82, 2.24) is 25.7 Å². The van der Waals surface area contributed by atoms with Gasteiger partial charge in [0.05, 0.1) is 28.4 Å². The van der Waals surface area contributed by atoms with Crippen molar-refractivity contribution >= 4 is 27.5 Å². The van der Waals surface area contributed by atoms with Gasteiger partial charge in [-0.15, -0.1) is 23.4 Å². The first-order chi connectivity index (χ1) is 21.4. The molecule has 19 heteroatoms. The molecule has 46 heavy (non-hydrogen) atoms. The summed E-state index contributed by atoms with van der Waals surface area (Å²) in [6, 6.07) is 4.39. The highest BCUT2D eigenvalue weighted by Gasteiger charge is 2.40. The molecule has 1 aliphatic rings. The average Bonchev–Trinajstić information content (AvgIpc) is 3.58. The molecule has 14 nitrogen and oxygen atoms in total. The molecular formula is C27H26F4N6O8S. The number of sulfone groups is 1. The summed E-state index contributed by atoms with van der Waals surface area (Å²) in [7, 11) is -4.47. The van der Waals surface area contributed by atoms with E-state index in [9.17, 15) is 31.2 Å². The van der Waals surface area contributed by atoms with Crippen molar-refractivity contribution in [2.75, 3.05) is 10.7 Å². The molecule has 0 fully saturated rings. The third-order valence-electron chi connectivity index (χ3n) is 6.19. The number of benzene rings is 2. The van der Waals surface area contributed by atoms with Gasteiger partial charge in [-0.2, -0.15) is 4.98 Å². The van der Waals surface area contributed by atoms with E-state index < -0.39 is 68.6 Å². The molecule has 246 valence electrons. The van der Waals surface area contributed by atoms with Gasteiger partial charge in [-0.3, -0.25) is 4.79 Å². The number of aryl methyl sites for hydroxylation is 1. The van der Waals surface area contributed by atoms with E-state index in [-0.39, 0.29) is 41.7 Å². The Bertz CT molecular complexity index is 1910. The van der Waals surface area contributed by atoms with E-state index in [1.54, 1.807) is 20.8 Å². The Labute approximate surface area is 259 Å². The van der Waals surface area contributed by atoms with Crippen LogP contribution in [0.15, 0.2) is 50.2 Å². The fraction of sp³-hybridized carbons (Fsp3) is 0.333. The van der Waals surface area contributed by atoms with Gasteiger partial charge in [0.25, 0.3) is 5.91 Å². The Morgan fingerprint density at radius 2 is 1.83 bits per heavy atom. The van der Waals surface area contributed by atoms with Crippen LogP contribution in [-0.4, -0.2) is 64.5 Å². The first kappa shape index (κ1) is 32.3. The number of nitrogens with zero attached hydrogens (tertiary/aromatic N) is 5. The van der Waals surface area contributed by atoms with Gasteiger partial charge in [0, 0.05) is 8.35 Å². The van der Waals surface area contributed by atoms with E-state index in [2.05, 4.69) is 30.4 Å². The number of fused-ring (bicyclic) bond motifs is 1. The lowest BCUT2D eigenvalue weighted by Crippen LogP contribution is -2.51. The number of carbonyl (C=O) groups excluding carboxylic acids is 2. The molecule has 3 heterocycles. The summed E-state index contributed by atoms with van der Waals surface area (Å²) in [5.41, 5.74) is -1.49. The number of ether oxygens (including phenoxy) is 2. The number of nitrogens with one attached hydrogen (secondary N) is 1. The van der Waals surface area contributed by atoms with Gasteiger partial charge in [0.1, 0.15) is 23.2 Å². The molecule has 1 atom stereocenters. The molecule has 0 saturated heterocycles. The Hall–Kier alpha value is -5.07. The number of anilines is 1. The number of halogens is 4. The van der Waals surface area contributed by atoms with E-state index in [1.165, 1.54) is 19.1 Å². The molecule has 5 rings (SSSR count). The molecule has 2 aromatic carbocycles. The summed E-state index contributed by atoms with van der Waals surface area (Å²) in [6.07, 6.45) is -6.04. The second-order valence-corrected chi connectivity index (χ2v) is 12.9. The van der Waals surface area contributed by atoms with Crippen LogP contribution in [0, 0.1) is 12.7 Å². The summed E-state index contributed by atoms with van der Waals surface area (Å²) in [6.45, 7) is 5.75. The van der Waals surface area contributed by atoms with Gasteiger partial charge in [0.2, 0.25) is 11.7 Å². The number of carbonyl (C=O) groups is 2. The zero-order valence-corrected chi connectivity index (χ0v) is 25.2. The molecule has 1 aliphatic heterocycles. The van der Waals surface area contributed by atoms with Crippen LogP contribution in [0.2, 0.25) is 0 Å². The predicted molar refractivity (Wildman–Crippen MR) is 149 cm³/mol. The SMILES string of the molecule is Cc1nnc(-c2nc(-c3cc4c(cc3F)S(=O)(=O)C[C@H](NC(=O)OC(C)(C)C)C(=O)N4Cc3ccc(OC(F)(F)F)cc3)no2)o1.[HH]. The zero-order chi connectivity index (χ0) is 33.6. The van der Waals surface area contributed by atoms with Crippen molar-refractivity contribution in [1.29, 1.82) is 0 Å². The van der Waals surface area contributed by atoms with Crippen LogP contribution >= 0.6 is 0 Å². The van der Waals surface area contributed by atoms with Gasteiger partial charge < -0.3 is 28.6 Å². The van der Waals surface area contributed by atoms with Crippen molar-refractivity contribution in [3.63, 3.8) is 0 Å². The smallest absolute Gasteiger partial charge is 0.444 e. The van der Waals surface area contributed by atoms with E-state index in [0.717, 1.165) is 23.1 Å². The first-order valence-corrected chi connectivity index (χ1v) is 14.9. The standard InChI is InChI=1S/C27H24F4N6O8S.H2/c1-13-34-35-23(42-13)22-33-21(36-45-22)16-9-19-20(10-17(16)28)46(40,41)12-18(32-25(39)44-26(2,3)4)24(38)37(19)11-14-5-7-15(8-6-14)43-27(29,30)31;/h5-10,18H,11-12H2,1-4H3,(H,32,39);1H/t18-;/m0./s1. The molecule has 4 aromatic rings. The molecule has 2 amide bonds. The highest BCUT2D eigenvalue weighted by atomic mass is 32.2. The summed E-state index contributed by atoms with van der Waals surface area (Å²) in [5, 5.41) is 13.4.